The number of unbranched alkanes of at least 4 members (excludes halogenated alkanes) is 6. The third kappa shape index (κ3) is 8.29. The van der Waals surface area contributed by atoms with Gasteiger partial charge in [0.2, 0.25) is 0 Å². The maximum atomic E-state index is 11.5. The summed E-state index contributed by atoms with van der Waals surface area (Å²) in [7, 11) is 0. The highest BCUT2D eigenvalue weighted by Crippen LogP contribution is 2.07. The van der Waals surface area contributed by atoms with Gasteiger partial charge in [-0.15, -0.1) is 0 Å². The molecule has 0 aliphatic rings. The molecule has 0 radical (unpaired) electrons. The number of para-hydroxylation sites is 1. The standard InChI is InChI=1S/C17H26N2O3/c1-2-3-4-5-6-7-11-14-22-17(21)16(20)19-18-15-12-9-8-10-13-15/h8-10,12-13,18H,2-7,11,14H2,1H3,(H,19,20). The van der Waals surface area contributed by atoms with Gasteiger partial charge in [0.25, 0.3) is 0 Å². The molecule has 0 aliphatic heterocycles. The van der Waals surface area contributed by atoms with E-state index in [0.29, 0.717) is 12.3 Å². The normalized spacial score (nSPS) is 10.0. The highest BCUT2D eigenvalue weighted by atomic mass is 16.5. The summed E-state index contributed by atoms with van der Waals surface area (Å²) in [5, 5.41) is 0. The number of esters is 1. The SMILES string of the molecule is CCCCCCCCCOC(=O)C(=O)NNc1ccccc1. The summed E-state index contributed by atoms with van der Waals surface area (Å²) >= 11 is 0. The summed E-state index contributed by atoms with van der Waals surface area (Å²) in [5.74, 6) is -1.64. The van der Waals surface area contributed by atoms with E-state index < -0.39 is 11.9 Å². The molecule has 0 saturated heterocycles. The summed E-state index contributed by atoms with van der Waals surface area (Å²) in [6.07, 6.45) is 8.00. The number of benzene rings is 1. The Hall–Kier alpha value is -2.04. The lowest BCUT2D eigenvalue weighted by atomic mass is 10.1. The Morgan fingerprint density at radius 3 is 2.27 bits per heavy atom. The van der Waals surface area contributed by atoms with Crippen molar-refractivity contribution in [3.63, 3.8) is 0 Å². The first-order valence-electron chi connectivity index (χ1n) is 8.02. The van der Waals surface area contributed by atoms with Crippen molar-refractivity contribution in [2.75, 3.05) is 12.0 Å². The molecule has 0 aliphatic carbocycles. The average molecular weight is 306 g/mol. The van der Waals surface area contributed by atoms with Crippen molar-refractivity contribution < 1.29 is 14.3 Å². The molecule has 0 bridgehead atoms. The van der Waals surface area contributed by atoms with E-state index in [2.05, 4.69) is 17.8 Å². The molecule has 5 heteroatoms. The number of carbonyl (C=O) groups excluding carboxylic acids is 2. The van der Waals surface area contributed by atoms with Crippen molar-refractivity contribution in [2.24, 2.45) is 0 Å². The van der Waals surface area contributed by atoms with Crippen LogP contribution in [0.4, 0.5) is 5.69 Å². The summed E-state index contributed by atoms with van der Waals surface area (Å²) in [6.45, 7) is 2.49. The fourth-order valence-electron chi connectivity index (χ4n) is 1.99. The van der Waals surface area contributed by atoms with E-state index in [1.807, 2.05) is 18.2 Å². The van der Waals surface area contributed by atoms with Crippen molar-refractivity contribution in [3.8, 4) is 0 Å². The van der Waals surface area contributed by atoms with Crippen LogP contribution in [-0.4, -0.2) is 18.5 Å². The van der Waals surface area contributed by atoms with Crippen LogP contribution in [0.5, 0.6) is 0 Å². The molecule has 1 aromatic rings. The Labute approximate surface area is 132 Å². The molecule has 22 heavy (non-hydrogen) atoms. The molecule has 5 nitrogen and oxygen atoms in total. The fraction of sp³-hybridized carbons (Fsp3) is 0.529. The van der Waals surface area contributed by atoms with Crippen molar-refractivity contribution >= 4 is 17.6 Å². The predicted molar refractivity (Wildman–Crippen MR) is 87.2 cm³/mol. The third-order valence-corrected chi connectivity index (χ3v) is 3.26. The number of hydrogen-bond donors (Lipinski definition) is 2. The molecule has 1 amide bonds. The van der Waals surface area contributed by atoms with Crippen molar-refractivity contribution in [1.29, 1.82) is 0 Å². The number of ether oxygens (including phenoxy) is 1. The van der Waals surface area contributed by atoms with Gasteiger partial charge in [-0.25, -0.2) is 4.79 Å². The Balaban J connectivity index is 2.03. The summed E-state index contributed by atoms with van der Waals surface area (Å²) in [5.41, 5.74) is 5.67. The first-order valence-corrected chi connectivity index (χ1v) is 8.02. The highest BCUT2D eigenvalue weighted by Gasteiger charge is 2.14. The minimum atomic E-state index is -0.852. The first kappa shape index (κ1) is 18.0. The molecule has 0 fully saturated rings. The second-order valence-corrected chi connectivity index (χ2v) is 5.20. The van der Waals surface area contributed by atoms with Crippen LogP contribution in [0.3, 0.4) is 0 Å². The van der Waals surface area contributed by atoms with Crippen molar-refractivity contribution in [2.45, 2.75) is 51.9 Å². The van der Waals surface area contributed by atoms with E-state index in [1.165, 1.54) is 25.7 Å². The number of rotatable bonds is 10. The Morgan fingerprint density at radius 1 is 0.955 bits per heavy atom. The van der Waals surface area contributed by atoms with Gasteiger partial charge in [-0.2, -0.15) is 0 Å². The van der Waals surface area contributed by atoms with Crippen molar-refractivity contribution in [1.82, 2.24) is 5.43 Å². The predicted octanol–water partition coefficient (Wildman–Crippen LogP) is 3.42. The van der Waals surface area contributed by atoms with Crippen LogP contribution in [-0.2, 0) is 14.3 Å². The lowest BCUT2D eigenvalue weighted by molar-refractivity contribution is -0.154. The van der Waals surface area contributed by atoms with Crippen LogP contribution in [0.2, 0.25) is 0 Å². The molecule has 0 heterocycles. The fourth-order valence-corrected chi connectivity index (χ4v) is 1.99. The second-order valence-electron chi connectivity index (χ2n) is 5.20. The van der Waals surface area contributed by atoms with Crippen LogP contribution in [0.25, 0.3) is 0 Å². The molecule has 122 valence electrons. The van der Waals surface area contributed by atoms with Crippen LogP contribution in [0.15, 0.2) is 30.3 Å². The molecule has 0 aromatic heterocycles. The van der Waals surface area contributed by atoms with Crippen LogP contribution >= 0.6 is 0 Å². The Morgan fingerprint density at radius 2 is 1.59 bits per heavy atom. The van der Waals surface area contributed by atoms with Crippen LogP contribution < -0.4 is 10.9 Å². The van der Waals surface area contributed by atoms with Gasteiger partial charge in [0.1, 0.15) is 0 Å². The minimum absolute atomic E-state index is 0.297. The molecule has 2 N–H and O–H groups in total. The average Bonchev–Trinajstić information content (AvgIpc) is 2.55. The number of hydrazine groups is 1. The zero-order chi connectivity index (χ0) is 16.0. The molecular formula is C17H26N2O3. The monoisotopic (exact) mass is 306 g/mol. The van der Waals surface area contributed by atoms with Gasteiger partial charge >= 0.3 is 11.9 Å². The van der Waals surface area contributed by atoms with Gasteiger partial charge in [-0.05, 0) is 18.6 Å². The van der Waals surface area contributed by atoms with E-state index >= 15 is 0 Å². The zero-order valence-electron chi connectivity index (χ0n) is 13.3. The molecule has 0 spiro atoms. The quantitative estimate of drug-likeness (QED) is 0.301. The van der Waals surface area contributed by atoms with Crippen LogP contribution in [0, 0.1) is 0 Å². The topological polar surface area (TPSA) is 67.4 Å². The molecule has 1 aromatic carbocycles. The summed E-state index contributed by atoms with van der Waals surface area (Å²) in [6, 6.07) is 9.08. The lowest BCUT2D eigenvalue weighted by Gasteiger charge is -2.08. The lowest BCUT2D eigenvalue weighted by Crippen LogP contribution is -2.36. The number of hydrogen-bond acceptors (Lipinski definition) is 4. The highest BCUT2D eigenvalue weighted by molar-refractivity contribution is 6.32. The minimum Gasteiger partial charge on any atom is -0.459 e. The third-order valence-electron chi connectivity index (χ3n) is 3.26. The van der Waals surface area contributed by atoms with Gasteiger partial charge in [-0.3, -0.25) is 15.6 Å². The molecular weight excluding hydrogens is 280 g/mol. The number of anilines is 1. The molecule has 0 unspecified atom stereocenters. The smallest absolute Gasteiger partial charge is 0.398 e. The van der Waals surface area contributed by atoms with Gasteiger partial charge in [0, 0.05) is 0 Å². The molecule has 1 rings (SSSR count). The van der Waals surface area contributed by atoms with E-state index in [0.717, 1.165) is 19.3 Å². The second kappa shape index (κ2) is 11.6. The largest absolute Gasteiger partial charge is 0.459 e. The van der Waals surface area contributed by atoms with Gasteiger partial charge in [-0.1, -0.05) is 63.6 Å². The maximum absolute atomic E-state index is 11.5. The van der Waals surface area contributed by atoms with E-state index in [-0.39, 0.29) is 0 Å². The van der Waals surface area contributed by atoms with Gasteiger partial charge < -0.3 is 4.74 Å². The Bertz CT molecular complexity index is 435. The number of nitrogens with one attached hydrogen (secondary N) is 2. The Kier molecular flexibility index (Phi) is 9.50. The summed E-state index contributed by atoms with van der Waals surface area (Å²) in [4.78, 5) is 23.0. The number of amides is 1. The first-order chi connectivity index (χ1) is 10.7. The molecule has 0 saturated carbocycles. The van der Waals surface area contributed by atoms with E-state index in [4.69, 9.17) is 4.74 Å². The molecule has 0 atom stereocenters. The van der Waals surface area contributed by atoms with E-state index in [9.17, 15) is 9.59 Å². The summed E-state index contributed by atoms with van der Waals surface area (Å²) < 4.78 is 4.93. The van der Waals surface area contributed by atoms with Gasteiger partial charge in [0.15, 0.2) is 0 Å². The van der Waals surface area contributed by atoms with E-state index in [1.54, 1.807) is 12.1 Å². The van der Waals surface area contributed by atoms with Crippen molar-refractivity contribution in [3.05, 3.63) is 30.3 Å². The van der Waals surface area contributed by atoms with Gasteiger partial charge in [0.05, 0.1) is 12.3 Å². The zero-order valence-corrected chi connectivity index (χ0v) is 13.3. The van der Waals surface area contributed by atoms with Crippen LogP contribution in [0.1, 0.15) is 51.9 Å². The maximum Gasteiger partial charge on any atom is 0.398 e. The number of carbonyl (C=O) groups is 2.